The van der Waals surface area contributed by atoms with Gasteiger partial charge < -0.3 is 19.7 Å². The maximum Gasteiger partial charge on any atom is 0.508 e. The molecule has 0 aliphatic rings. The van der Waals surface area contributed by atoms with E-state index >= 15 is 0 Å². The van der Waals surface area contributed by atoms with Gasteiger partial charge in [-0.2, -0.15) is 0 Å². The first-order valence-corrected chi connectivity index (χ1v) is 7.93. The van der Waals surface area contributed by atoms with Crippen LogP contribution < -0.4 is 0 Å². The van der Waals surface area contributed by atoms with Crippen molar-refractivity contribution in [2.75, 3.05) is 13.2 Å². The molecule has 2 N–H and O–H groups in total. The van der Waals surface area contributed by atoms with Crippen molar-refractivity contribution < 1.29 is 24.5 Å². The van der Waals surface area contributed by atoms with Crippen molar-refractivity contribution in [1.29, 1.82) is 0 Å². The summed E-state index contributed by atoms with van der Waals surface area (Å²) in [5, 5.41) is 18.7. The first-order valence-electron chi connectivity index (χ1n) is 7.93. The molecule has 4 unspecified atom stereocenters. The van der Waals surface area contributed by atoms with Crippen molar-refractivity contribution in [3.05, 3.63) is 0 Å². The van der Waals surface area contributed by atoms with Crippen LogP contribution in [0.15, 0.2) is 0 Å². The first kappa shape index (κ1) is 21.2. The molecule has 0 heterocycles. The fourth-order valence-corrected chi connectivity index (χ4v) is 2.72. The highest BCUT2D eigenvalue weighted by molar-refractivity contribution is 5.60. The van der Waals surface area contributed by atoms with Crippen LogP contribution in [0.4, 0.5) is 4.79 Å². The van der Waals surface area contributed by atoms with E-state index in [2.05, 4.69) is 0 Å². The lowest BCUT2D eigenvalue weighted by Crippen LogP contribution is -2.42. The second-order valence-electron chi connectivity index (χ2n) is 8.38. The van der Waals surface area contributed by atoms with Gasteiger partial charge in [-0.25, -0.2) is 4.79 Å². The Hall–Kier alpha value is -0.810. The maximum absolute atomic E-state index is 12.2. The van der Waals surface area contributed by atoms with Crippen molar-refractivity contribution in [2.45, 2.75) is 67.6 Å². The van der Waals surface area contributed by atoms with E-state index in [1.165, 1.54) is 0 Å². The molecule has 0 saturated heterocycles. The van der Waals surface area contributed by atoms with Crippen molar-refractivity contribution in [2.24, 2.45) is 22.7 Å². The minimum absolute atomic E-state index is 0.0645. The molecule has 5 nitrogen and oxygen atoms in total. The summed E-state index contributed by atoms with van der Waals surface area (Å²) in [7, 11) is 0. The van der Waals surface area contributed by atoms with Gasteiger partial charge in [0.1, 0.15) is 12.2 Å². The summed E-state index contributed by atoms with van der Waals surface area (Å²) < 4.78 is 11.0. The SMILES string of the molecule is CC(CO)C(OC(=O)OC(C(C)CO)C(C)(C)C)C(C)(C)C. The lowest BCUT2D eigenvalue weighted by Gasteiger charge is -2.37. The van der Waals surface area contributed by atoms with Crippen molar-refractivity contribution in [1.82, 2.24) is 0 Å². The van der Waals surface area contributed by atoms with E-state index in [1.807, 2.05) is 55.4 Å². The molecule has 0 saturated carbocycles. The second-order valence-corrected chi connectivity index (χ2v) is 8.38. The van der Waals surface area contributed by atoms with E-state index in [-0.39, 0.29) is 35.9 Å². The van der Waals surface area contributed by atoms with E-state index in [9.17, 15) is 15.0 Å². The Balaban J connectivity index is 5.01. The van der Waals surface area contributed by atoms with Crippen LogP contribution in [0.3, 0.4) is 0 Å². The molecular weight excluding hydrogens is 284 g/mol. The highest BCUT2D eigenvalue weighted by Crippen LogP contribution is 2.31. The van der Waals surface area contributed by atoms with Crippen LogP contribution in [-0.4, -0.2) is 41.8 Å². The molecule has 0 aliphatic carbocycles. The Kier molecular flexibility index (Phi) is 7.86. The van der Waals surface area contributed by atoms with Crippen LogP contribution in [0, 0.1) is 22.7 Å². The molecular formula is C17H34O5. The smallest absolute Gasteiger partial charge is 0.430 e. The molecule has 0 aromatic heterocycles. The van der Waals surface area contributed by atoms with Crippen molar-refractivity contribution in [3.8, 4) is 0 Å². The lowest BCUT2D eigenvalue weighted by molar-refractivity contribution is -0.0918. The molecule has 0 amide bonds. The summed E-state index contributed by atoms with van der Waals surface area (Å²) in [5.41, 5.74) is -0.609. The molecule has 0 radical (unpaired) electrons. The van der Waals surface area contributed by atoms with Gasteiger partial charge in [-0.15, -0.1) is 0 Å². The summed E-state index contributed by atoms with van der Waals surface area (Å²) in [6, 6.07) is 0. The molecule has 0 rings (SSSR count). The minimum Gasteiger partial charge on any atom is -0.430 e. The Morgan fingerprint density at radius 2 is 1.09 bits per heavy atom. The number of carbonyl (C=O) groups excluding carboxylic acids is 1. The Labute approximate surface area is 135 Å². The third-order valence-electron chi connectivity index (χ3n) is 3.76. The van der Waals surface area contributed by atoms with Gasteiger partial charge in [-0.05, 0) is 10.8 Å². The summed E-state index contributed by atoms with van der Waals surface area (Å²) >= 11 is 0. The van der Waals surface area contributed by atoms with E-state index < -0.39 is 18.4 Å². The third-order valence-corrected chi connectivity index (χ3v) is 3.76. The van der Waals surface area contributed by atoms with E-state index in [1.54, 1.807) is 0 Å². The number of carbonyl (C=O) groups is 1. The number of hydrogen-bond donors (Lipinski definition) is 2. The maximum atomic E-state index is 12.2. The quantitative estimate of drug-likeness (QED) is 0.735. The zero-order valence-corrected chi connectivity index (χ0v) is 15.3. The van der Waals surface area contributed by atoms with Gasteiger partial charge in [0.2, 0.25) is 0 Å². The number of aliphatic hydroxyl groups is 2. The van der Waals surface area contributed by atoms with Gasteiger partial charge in [-0.1, -0.05) is 55.4 Å². The number of ether oxygens (including phenoxy) is 2. The molecule has 0 fully saturated rings. The zero-order chi connectivity index (χ0) is 17.7. The van der Waals surface area contributed by atoms with Crippen LogP contribution >= 0.6 is 0 Å². The number of aliphatic hydroxyl groups excluding tert-OH is 2. The average Bonchev–Trinajstić information content (AvgIpc) is 2.37. The van der Waals surface area contributed by atoms with Gasteiger partial charge in [0.25, 0.3) is 0 Å². The molecule has 22 heavy (non-hydrogen) atoms. The largest absolute Gasteiger partial charge is 0.508 e. The summed E-state index contributed by atoms with van der Waals surface area (Å²) in [5.74, 6) is -0.369. The van der Waals surface area contributed by atoms with Crippen molar-refractivity contribution in [3.63, 3.8) is 0 Å². The van der Waals surface area contributed by atoms with Gasteiger partial charge in [0, 0.05) is 25.0 Å². The molecule has 132 valence electrons. The summed E-state index contributed by atoms with van der Waals surface area (Å²) in [4.78, 5) is 12.2. The molecule has 0 aromatic carbocycles. The van der Waals surface area contributed by atoms with Crippen LogP contribution in [0.1, 0.15) is 55.4 Å². The van der Waals surface area contributed by atoms with Gasteiger partial charge in [0.15, 0.2) is 0 Å². The van der Waals surface area contributed by atoms with Crippen LogP contribution in [0.25, 0.3) is 0 Å². The predicted octanol–water partition coefficient (Wildman–Crippen LogP) is 3.23. The first-order chi connectivity index (χ1) is 9.84. The predicted molar refractivity (Wildman–Crippen MR) is 86.6 cm³/mol. The second kappa shape index (κ2) is 8.16. The summed E-state index contributed by atoms with van der Waals surface area (Å²) in [6.07, 6.45) is -1.65. The average molecular weight is 318 g/mol. The fourth-order valence-electron chi connectivity index (χ4n) is 2.72. The Morgan fingerprint density at radius 3 is 1.27 bits per heavy atom. The van der Waals surface area contributed by atoms with Crippen LogP contribution in [0.2, 0.25) is 0 Å². The molecule has 5 heteroatoms. The molecule has 0 bridgehead atoms. The van der Waals surface area contributed by atoms with E-state index in [4.69, 9.17) is 9.47 Å². The van der Waals surface area contributed by atoms with Crippen LogP contribution in [-0.2, 0) is 9.47 Å². The monoisotopic (exact) mass is 318 g/mol. The zero-order valence-electron chi connectivity index (χ0n) is 15.3. The third kappa shape index (κ3) is 6.53. The highest BCUT2D eigenvalue weighted by Gasteiger charge is 2.37. The van der Waals surface area contributed by atoms with E-state index in [0.717, 1.165) is 0 Å². The minimum atomic E-state index is -0.750. The number of rotatable bonds is 6. The molecule has 0 spiro atoms. The van der Waals surface area contributed by atoms with Gasteiger partial charge in [-0.3, -0.25) is 0 Å². The standard InChI is InChI=1S/C17H34O5/c1-11(9-18)13(16(3,4)5)21-15(20)22-14(12(2)10-19)17(6,7)8/h11-14,18-19H,9-10H2,1-8H3. The van der Waals surface area contributed by atoms with E-state index in [0.29, 0.717) is 0 Å². The molecule has 0 aromatic rings. The molecule has 0 aliphatic heterocycles. The lowest BCUT2D eigenvalue weighted by atomic mass is 9.82. The highest BCUT2D eigenvalue weighted by atomic mass is 16.7. The topological polar surface area (TPSA) is 76.0 Å². The normalized spacial score (nSPS) is 18.3. The Morgan fingerprint density at radius 1 is 0.818 bits per heavy atom. The van der Waals surface area contributed by atoms with Gasteiger partial charge in [0.05, 0.1) is 0 Å². The van der Waals surface area contributed by atoms with Gasteiger partial charge >= 0.3 is 6.16 Å². The fraction of sp³-hybridized carbons (Fsp3) is 0.941. The van der Waals surface area contributed by atoms with Crippen molar-refractivity contribution >= 4 is 6.16 Å². The Bertz CT molecular complexity index is 308. The summed E-state index contributed by atoms with van der Waals surface area (Å²) in [6.45, 7) is 15.3. The molecule has 4 atom stereocenters. The van der Waals surface area contributed by atoms with Crippen LogP contribution in [0.5, 0.6) is 0 Å². The number of hydrogen-bond acceptors (Lipinski definition) is 5.